The summed E-state index contributed by atoms with van der Waals surface area (Å²) in [7, 11) is 0. The van der Waals surface area contributed by atoms with Crippen LogP contribution in [0.2, 0.25) is 0 Å². The molecule has 1 rings (SSSR count). The molecule has 1 aromatic heterocycles. The number of hydrogen-bond donors (Lipinski definition) is 0. The van der Waals surface area contributed by atoms with Crippen LogP contribution in [0.4, 0.5) is 0 Å². The highest BCUT2D eigenvalue weighted by Gasteiger charge is 2.05. The lowest BCUT2D eigenvalue weighted by atomic mass is 10.2. The Labute approximate surface area is 78.1 Å². The molecule has 0 aliphatic heterocycles. The minimum atomic E-state index is -0.123. The summed E-state index contributed by atoms with van der Waals surface area (Å²) in [6, 6.07) is 1.71. The topological polar surface area (TPSA) is 34.9 Å². The molecule has 0 spiro atoms. The van der Waals surface area contributed by atoms with Gasteiger partial charge in [0.2, 0.25) is 5.78 Å². The Morgan fingerprint density at radius 2 is 2.46 bits per heavy atom. The Balaban J connectivity index is 2.74. The highest BCUT2D eigenvalue weighted by molar-refractivity contribution is 6.02. The van der Waals surface area contributed by atoms with Crippen molar-refractivity contribution in [1.82, 2.24) is 9.78 Å². The first-order valence-corrected chi connectivity index (χ1v) is 4.33. The maximum atomic E-state index is 11.1. The molecule has 1 aromatic rings. The van der Waals surface area contributed by atoms with Crippen molar-refractivity contribution >= 4 is 5.78 Å². The van der Waals surface area contributed by atoms with Crippen molar-refractivity contribution in [2.45, 2.75) is 20.4 Å². The monoisotopic (exact) mass is 178 g/mol. The number of aromatic nitrogens is 2. The summed E-state index contributed by atoms with van der Waals surface area (Å²) >= 11 is 0. The zero-order chi connectivity index (χ0) is 9.84. The van der Waals surface area contributed by atoms with E-state index >= 15 is 0 Å². The fourth-order valence-electron chi connectivity index (χ4n) is 1.07. The quantitative estimate of drug-likeness (QED) is 0.521. The van der Waals surface area contributed by atoms with Gasteiger partial charge in [0.25, 0.3) is 0 Å². The fraction of sp³-hybridized carbons (Fsp3) is 0.400. The minimum absolute atomic E-state index is 0.123. The largest absolute Gasteiger partial charge is 0.287 e. The molecule has 70 valence electrons. The van der Waals surface area contributed by atoms with Gasteiger partial charge < -0.3 is 0 Å². The van der Waals surface area contributed by atoms with Crippen molar-refractivity contribution in [2.24, 2.45) is 5.92 Å². The Kier molecular flexibility index (Phi) is 3.01. The van der Waals surface area contributed by atoms with E-state index in [4.69, 9.17) is 0 Å². The predicted octanol–water partition coefficient (Wildman–Crippen LogP) is 1.91. The van der Waals surface area contributed by atoms with Gasteiger partial charge in [0, 0.05) is 12.7 Å². The summed E-state index contributed by atoms with van der Waals surface area (Å²) in [6.45, 7) is 8.46. The molecule has 0 saturated carbocycles. The minimum Gasteiger partial charge on any atom is -0.287 e. The highest BCUT2D eigenvalue weighted by Crippen LogP contribution is 2.01. The van der Waals surface area contributed by atoms with Gasteiger partial charge in [-0.3, -0.25) is 9.48 Å². The van der Waals surface area contributed by atoms with Gasteiger partial charge in [-0.15, -0.1) is 0 Å². The molecular formula is C10H14N2O. The van der Waals surface area contributed by atoms with Crippen LogP contribution in [0.1, 0.15) is 24.3 Å². The summed E-state index contributed by atoms with van der Waals surface area (Å²) in [6.07, 6.45) is 3.10. The van der Waals surface area contributed by atoms with Crippen molar-refractivity contribution in [2.75, 3.05) is 0 Å². The molecule has 13 heavy (non-hydrogen) atoms. The molecule has 0 aromatic carbocycles. The zero-order valence-corrected chi connectivity index (χ0v) is 8.03. The average molecular weight is 178 g/mol. The van der Waals surface area contributed by atoms with Crippen LogP contribution < -0.4 is 0 Å². The van der Waals surface area contributed by atoms with Crippen molar-refractivity contribution < 1.29 is 4.79 Å². The van der Waals surface area contributed by atoms with E-state index in [0.717, 1.165) is 6.54 Å². The van der Waals surface area contributed by atoms with Gasteiger partial charge in [-0.1, -0.05) is 20.4 Å². The van der Waals surface area contributed by atoms with E-state index in [1.807, 2.05) is 6.20 Å². The van der Waals surface area contributed by atoms with Crippen LogP contribution in [0.3, 0.4) is 0 Å². The summed E-state index contributed by atoms with van der Waals surface area (Å²) in [5, 5.41) is 4.12. The van der Waals surface area contributed by atoms with Crippen molar-refractivity contribution in [3.63, 3.8) is 0 Å². The van der Waals surface area contributed by atoms with Crippen molar-refractivity contribution in [3.8, 4) is 0 Å². The number of hydrogen-bond acceptors (Lipinski definition) is 2. The predicted molar refractivity (Wildman–Crippen MR) is 51.6 cm³/mol. The van der Waals surface area contributed by atoms with E-state index in [9.17, 15) is 4.79 Å². The SMILES string of the molecule is C=CC(=O)c1ccn(CC(C)C)n1. The molecular weight excluding hydrogens is 164 g/mol. The second-order valence-electron chi connectivity index (χ2n) is 3.39. The third-order valence-electron chi connectivity index (χ3n) is 1.63. The lowest BCUT2D eigenvalue weighted by Crippen LogP contribution is -2.06. The number of nitrogens with zero attached hydrogens (tertiary/aromatic N) is 2. The van der Waals surface area contributed by atoms with Gasteiger partial charge in [0.15, 0.2) is 0 Å². The van der Waals surface area contributed by atoms with Crippen LogP contribution in [-0.2, 0) is 6.54 Å². The lowest BCUT2D eigenvalue weighted by molar-refractivity contribution is 0.104. The first kappa shape index (κ1) is 9.71. The molecule has 3 nitrogen and oxygen atoms in total. The molecule has 0 amide bonds. The molecule has 0 atom stereocenters. The zero-order valence-electron chi connectivity index (χ0n) is 8.03. The number of carbonyl (C=O) groups is 1. The van der Waals surface area contributed by atoms with E-state index < -0.39 is 0 Å². The van der Waals surface area contributed by atoms with E-state index in [-0.39, 0.29) is 5.78 Å². The Hall–Kier alpha value is -1.38. The smallest absolute Gasteiger partial charge is 0.205 e. The Bertz CT molecular complexity index is 312. The molecule has 0 bridgehead atoms. The van der Waals surface area contributed by atoms with E-state index in [2.05, 4.69) is 25.5 Å². The first-order chi connectivity index (χ1) is 6.13. The highest BCUT2D eigenvalue weighted by atomic mass is 16.1. The van der Waals surface area contributed by atoms with Crippen molar-refractivity contribution in [1.29, 1.82) is 0 Å². The van der Waals surface area contributed by atoms with E-state index in [0.29, 0.717) is 11.6 Å². The molecule has 3 heteroatoms. The summed E-state index contributed by atoms with van der Waals surface area (Å²) in [4.78, 5) is 11.1. The molecule has 0 fully saturated rings. The van der Waals surface area contributed by atoms with Gasteiger partial charge in [-0.05, 0) is 18.1 Å². The molecule has 0 aliphatic rings. The second-order valence-corrected chi connectivity index (χ2v) is 3.39. The standard InChI is InChI=1S/C10H14N2O/c1-4-10(13)9-5-6-12(11-9)7-8(2)3/h4-6,8H,1,7H2,2-3H3. The van der Waals surface area contributed by atoms with Crippen LogP contribution >= 0.6 is 0 Å². The van der Waals surface area contributed by atoms with Crippen molar-refractivity contribution in [3.05, 3.63) is 30.6 Å². The van der Waals surface area contributed by atoms with E-state index in [1.165, 1.54) is 6.08 Å². The number of ketones is 1. The normalized spacial score (nSPS) is 10.4. The lowest BCUT2D eigenvalue weighted by Gasteiger charge is -2.03. The second kappa shape index (κ2) is 4.03. The Morgan fingerprint density at radius 3 is 3.00 bits per heavy atom. The molecule has 0 saturated heterocycles. The summed E-state index contributed by atoms with van der Waals surface area (Å²) < 4.78 is 1.78. The van der Waals surface area contributed by atoms with Gasteiger partial charge in [-0.2, -0.15) is 5.10 Å². The van der Waals surface area contributed by atoms with Crippen LogP contribution in [-0.4, -0.2) is 15.6 Å². The van der Waals surface area contributed by atoms with Gasteiger partial charge in [0.1, 0.15) is 5.69 Å². The van der Waals surface area contributed by atoms with Crippen LogP contribution in [0.5, 0.6) is 0 Å². The molecule has 0 unspecified atom stereocenters. The van der Waals surface area contributed by atoms with Crippen LogP contribution in [0.15, 0.2) is 24.9 Å². The number of carbonyl (C=O) groups excluding carboxylic acids is 1. The Morgan fingerprint density at radius 1 is 1.77 bits per heavy atom. The molecule has 1 heterocycles. The van der Waals surface area contributed by atoms with Gasteiger partial charge in [0.05, 0.1) is 0 Å². The van der Waals surface area contributed by atoms with Gasteiger partial charge >= 0.3 is 0 Å². The molecule has 0 N–H and O–H groups in total. The van der Waals surface area contributed by atoms with E-state index in [1.54, 1.807) is 10.7 Å². The maximum absolute atomic E-state index is 11.1. The third-order valence-corrected chi connectivity index (χ3v) is 1.63. The number of allylic oxidation sites excluding steroid dienone is 1. The van der Waals surface area contributed by atoms with Gasteiger partial charge in [-0.25, -0.2) is 0 Å². The first-order valence-electron chi connectivity index (χ1n) is 4.33. The molecule has 0 radical (unpaired) electrons. The fourth-order valence-corrected chi connectivity index (χ4v) is 1.07. The number of rotatable bonds is 4. The third kappa shape index (κ3) is 2.54. The van der Waals surface area contributed by atoms with Crippen LogP contribution in [0.25, 0.3) is 0 Å². The molecule has 0 aliphatic carbocycles. The summed E-state index contributed by atoms with van der Waals surface area (Å²) in [5.74, 6) is 0.411. The van der Waals surface area contributed by atoms with Crippen LogP contribution in [0, 0.1) is 5.92 Å². The summed E-state index contributed by atoms with van der Waals surface area (Å²) in [5.41, 5.74) is 0.468. The average Bonchev–Trinajstić information content (AvgIpc) is 2.50. The maximum Gasteiger partial charge on any atom is 0.205 e.